The first kappa shape index (κ1) is 16.6. The Labute approximate surface area is 137 Å². The molecule has 2 fully saturated rings. The Bertz CT molecular complexity index is 512. The maximum atomic E-state index is 10.3. The minimum atomic E-state index is -0.764. The van der Waals surface area contributed by atoms with Crippen LogP contribution in [-0.2, 0) is 11.3 Å². The summed E-state index contributed by atoms with van der Waals surface area (Å²) in [5, 5.41) is 20.2. The van der Waals surface area contributed by atoms with Crippen LogP contribution in [0.5, 0.6) is 0 Å². The van der Waals surface area contributed by atoms with E-state index in [1.54, 1.807) is 0 Å². The summed E-state index contributed by atoms with van der Waals surface area (Å²) in [6, 6.07) is 4.15. The van der Waals surface area contributed by atoms with Gasteiger partial charge in [0.05, 0.1) is 18.3 Å². The molecular weight excluding hydrogens is 294 g/mol. The Balaban J connectivity index is 1.56. The van der Waals surface area contributed by atoms with Crippen molar-refractivity contribution >= 4 is 5.82 Å². The molecule has 2 saturated heterocycles. The molecule has 0 amide bonds. The molecule has 23 heavy (non-hydrogen) atoms. The number of aliphatic hydroxyl groups is 2. The largest absolute Gasteiger partial charge is 0.390 e. The molecule has 1 aromatic rings. The lowest BCUT2D eigenvalue weighted by Gasteiger charge is -2.48. The number of hydrogen-bond donors (Lipinski definition) is 2. The average molecular weight is 321 g/mol. The standard InChI is InChI=1S/C17H27N3O3/c1-19(2)15-4-3-13(11-18-15)12-20-8-6-17(7-9-20)16(22)14(21)5-10-23-17/h3-4,11,14,16,21-22H,5-10,12H2,1-2H3/t14-,16-/m0/s1. The summed E-state index contributed by atoms with van der Waals surface area (Å²) < 4.78 is 5.88. The Hall–Kier alpha value is -1.21. The average Bonchev–Trinajstić information content (AvgIpc) is 2.55. The van der Waals surface area contributed by atoms with Crippen molar-refractivity contribution in [1.29, 1.82) is 0 Å². The van der Waals surface area contributed by atoms with Crippen LogP contribution in [0, 0.1) is 0 Å². The van der Waals surface area contributed by atoms with Gasteiger partial charge in [-0.3, -0.25) is 4.90 Å². The van der Waals surface area contributed by atoms with Gasteiger partial charge in [0.15, 0.2) is 0 Å². The van der Waals surface area contributed by atoms with Crippen molar-refractivity contribution in [2.75, 3.05) is 38.7 Å². The van der Waals surface area contributed by atoms with Gasteiger partial charge in [-0.1, -0.05) is 6.07 Å². The lowest BCUT2D eigenvalue weighted by atomic mass is 9.80. The first-order valence-corrected chi connectivity index (χ1v) is 8.35. The lowest BCUT2D eigenvalue weighted by molar-refractivity contribution is -0.214. The third-order valence-corrected chi connectivity index (χ3v) is 5.08. The number of aromatic nitrogens is 1. The van der Waals surface area contributed by atoms with Gasteiger partial charge in [0.2, 0.25) is 0 Å². The Morgan fingerprint density at radius 1 is 1.30 bits per heavy atom. The van der Waals surface area contributed by atoms with Gasteiger partial charge in [-0.25, -0.2) is 4.98 Å². The van der Waals surface area contributed by atoms with Crippen LogP contribution in [0.25, 0.3) is 0 Å². The smallest absolute Gasteiger partial charge is 0.127 e. The summed E-state index contributed by atoms with van der Waals surface area (Å²) in [6.45, 7) is 3.11. The highest BCUT2D eigenvalue weighted by atomic mass is 16.5. The van der Waals surface area contributed by atoms with Crippen LogP contribution in [0.15, 0.2) is 18.3 Å². The van der Waals surface area contributed by atoms with Gasteiger partial charge in [-0.2, -0.15) is 0 Å². The minimum Gasteiger partial charge on any atom is -0.390 e. The number of likely N-dealkylation sites (tertiary alicyclic amines) is 1. The van der Waals surface area contributed by atoms with Crippen molar-refractivity contribution < 1.29 is 14.9 Å². The maximum absolute atomic E-state index is 10.3. The molecule has 0 saturated carbocycles. The second-order valence-corrected chi connectivity index (χ2v) is 6.91. The monoisotopic (exact) mass is 321 g/mol. The molecule has 0 aliphatic carbocycles. The Morgan fingerprint density at radius 3 is 2.65 bits per heavy atom. The third-order valence-electron chi connectivity index (χ3n) is 5.08. The summed E-state index contributed by atoms with van der Waals surface area (Å²) in [5.41, 5.74) is 0.637. The molecule has 0 radical (unpaired) electrons. The van der Waals surface area contributed by atoms with E-state index in [0.29, 0.717) is 13.0 Å². The molecule has 128 valence electrons. The van der Waals surface area contributed by atoms with Gasteiger partial charge < -0.3 is 19.8 Å². The van der Waals surface area contributed by atoms with E-state index >= 15 is 0 Å². The fourth-order valence-electron chi connectivity index (χ4n) is 3.54. The number of nitrogens with zero attached hydrogens (tertiary/aromatic N) is 3. The summed E-state index contributed by atoms with van der Waals surface area (Å²) in [6.07, 6.45) is 2.55. The molecule has 0 bridgehead atoms. The molecular formula is C17H27N3O3. The number of aliphatic hydroxyl groups excluding tert-OH is 2. The molecule has 0 aromatic carbocycles. The van der Waals surface area contributed by atoms with Crippen molar-refractivity contribution in [2.45, 2.75) is 43.6 Å². The van der Waals surface area contributed by atoms with E-state index in [1.165, 1.54) is 5.56 Å². The number of pyridine rings is 1. The topological polar surface area (TPSA) is 69.1 Å². The highest BCUT2D eigenvalue weighted by Crippen LogP contribution is 2.35. The van der Waals surface area contributed by atoms with E-state index in [1.807, 2.05) is 31.3 Å². The summed E-state index contributed by atoms with van der Waals surface area (Å²) >= 11 is 0. The van der Waals surface area contributed by atoms with E-state index in [9.17, 15) is 10.2 Å². The molecule has 0 unspecified atom stereocenters. The quantitative estimate of drug-likeness (QED) is 0.851. The first-order valence-electron chi connectivity index (χ1n) is 8.35. The molecule has 1 spiro atoms. The van der Waals surface area contributed by atoms with E-state index in [2.05, 4.69) is 16.0 Å². The van der Waals surface area contributed by atoms with Gasteiger partial charge in [0.1, 0.15) is 11.9 Å². The number of rotatable bonds is 3. The van der Waals surface area contributed by atoms with Crippen LogP contribution >= 0.6 is 0 Å². The molecule has 3 rings (SSSR count). The molecule has 2 aliphatic heterocycles. The minimum absolute atomic E-state index is 0.524. The van der Waals surface area contributed by atoms with Crippen LogP contribution in [-0.4, -0.2) is 71.7 Å². The van der Waals surface area contributed by atoms with Crippen molar-refractivity contribution in [3.05, 3.63) is 23.9 Å². The van der Waals surface area contributed by atoms with E-state index in [0.717, 1.165) is 38.3 Å². The van der Waals surface area contributed by atoms with Crippen LogP contribution in [0.4, 0.5) is 5.82 Å². The van der Waals surface area contributed by atoms with Gasteiger partial charge in [-0.05, 0) is 30.9 Å². The highest BCUT2D eigenvalue weighted by Gasteiger charge is 2.47. The van der Waals surface area contributed by atoms with Crippen LogP contribution < -0.4 is 4.90 Å². The van der Waals surface area contributed by atoms with E-state index < -0.39 is 17.8 Å². The molecule has 1 aromatic heterocycles. The predicted octanol–water partition coefficient (Wildman–Crippen LogP) is 0.624. The van der Waals surface area contributed by atoms with Gasteiger partial charge in [-0.15, -0.1) is 0 Å². The van der Waals surface area contributed by atoms with E-state index in [-0.39, 0.29) is 0 Å². The van der Waals surface area contributed by atoms with E-state index in [4.69, 9.17) is 4.74 Å². The zero-order chi connectivity index (χ0) is 16.4. The molecule has 3 heterocycles. The first-order chi connectivity index (χ1) is 11.0. The lowest BCUT2D eigenvalue weighted by Crippen LogP contribution is -2.59. The van der Waals surface area contributed by atoms with Gasteiger partial charge in [0, 0.05) is 39.9 Å². The van der Waals surface area contributed by atoms with Crippen LogP contribution in [0.2, 0.25) is 0 Å². The van der Waals surface area contributed by atoms with Crippen LogP contribution in [0.3, 0.4) is 0 Å². The van der Waals surface area contributed by atoms with Crippen molar-refractivity contribution in [2.24, 2.45) is 0 Å². The molecule has 2 aliphatic rings. The SMILES string of the molecule is CN(C)c1ccc(CN2CCC3(CC2)OCC[C@H](O)[C@@H]3O)cn1. The molecule has 2 N–H and O–H groups in total. The zero-order valence-corrected chi connectivity index (χ0v) is 14.0. The number of anilines is 1. The molecule has 6 heteroatoms. The second-order valence-electron chi connectivity index (χ2n) is 6.91. The fraction of sp³-hybridized carbons (Fsp3) is 0.706. The zero-order valence-electron chi connectivity index (χ0n) is 14.0. The normalized spacial score (nSPS) is 28.0. The van der Waals surface area contributed by atoms with Crippen LogP contribution in [0.1, 0.15) is 24.8 Å². The number of piperidine rings is 1. The Kier molecular flexibility index (Phi) is 4.87. The third kappa shape index (κ3) is 3.50. The van der Waals surface area contributed by atoms with Crippen molar-refractivity contribution in [3.8, 4) is 0 Å². The number of ether oxygens (including phenoxy) is 1. The molecule has 2 atom stereocenters. The van der Waals surface area contributed by atoms with Gasteiger partial charge >= 0.3 is 0 Å². The fourth-order valence-corrected chi connectivity index (χ4v) is 3.54. The summed E-state index contributed by atoms with van der Waals surface area (Å²) in [4.78, 5) is 8.79. The highest BCUT2D eigenvalue weighted by molar-refractivity contribution is 5.37. The predicted molar refractivity (Wildman–Crippen MR) is 88.4 cm³/mol. The van der Waals surface area contributed by atoms with Crippen molar-refractivity contribution in [3.63, 3.8) is 0 Å². The van der Waals surface area contributed by atoms with Gasteiger partial charge in [0.25, 0.3) is 0 Å². The maximum Gasteiger partial charge on any atom is 0.127 e. The summed E-state index contributed by atoms with van der Waals surface area (Å²) in [7, 11) is 3.96. The molecule has 6 nitrogen and oxygen atoms in total. The second kappa shape index (κ2) is 6.73. The summed E-state index contributed by atoms with van der Waals surface area (Å²) in [5.74, 6) is 0.957. The Morgan fingerprint density at radius 2 is 2.04 bits per heavy atom. The van der Waals surface area contributed by atoms with Crippen molar-refractivity contribution in [1.82, 2.24) is 9.88 Å². The number of hydrogen-bond acceptors (Lipinski definition) is 6.